The van der Waals surface area contributed by atoms with Gasteiger partial charge in [-0.3, -0.25) is 14.9 Å². The first-order valence-electron chi connectivity index (χ1n) is 5.69. The van der Waals surface area contributed by atoms with E-state index in [0.29, 0.717) is 18.6 Å². The third-order valence-corrected chi connectivity index (χ3v) is 3.31. The predicted molar refractivity (Wildman–Crippen MR) is 62.3 cm³/mol. The van der Waals surface area contributed by atoms with Crippen molar-refractivity contribution in [1.82, 2.24) is 0 Å². The number of carbonyl (C=O) groups is 1. The van der Waals surface area contributed by atoms with Crippen LogP contribution in [-0.4, -0.2) is 29.2 Å². The van der Waals surface area contributed by atoms with E-state index in [1.54, 1.807) is 0 Å². The molecular formula is C12H12FNO5. The summed E-state index contributed by atoms with van der Waals surface area (Å²) in [7, 11) is 0. The van der Waals surface area contributed by atoms with Crippen molar-refractivity contribution in [2.24, 2.45) is 5.41 Å². The van der Waals surface area contributed by atoms with Gasteiger partial charge >= 0.3 is 11.7 Å². The van der Waals surface area contributed by atoms with Crippen molar-refractivity contribution < 1.29 is 24.0 Å². The maximum Gasteiger partial charge on any atom is 0.312 e. The first-order chi connectivity index (χ1) is 8.94. The summed E-state index contributed by atoms with van der Waals surface area (Å²) in [6, 6.07) is 3.45. The number of nitrogens with zero attached hydrogens (tertiary/aromatic N) is 1. The van der Waals surface area contributed by atoms with Gasteiger partial charge in [0.25, 0.3) is 0 Å². The molecule has 1 saturated heterocycles. The quantitative estimate of drug-likeness (QED) is 0.664. The number of aliphatic carboxylic acids is 1. The Balaban J connectivity index is 2.26. The zero-order valence-corrected chi connectivity index (χ0v) is 9.97. The van der Waals surface area contributed by atoms with Gasteiger partial charge in [-0.2, -0.15) is 4.39 Å². The number of hydrogen-bond acceptors (Lipinski definition) is 4. The largest absolute Gasteiger partial charge is 0.481 e. The molecule has 0 saturated carbocycles. The number of nitro benzene ring substituents is 1. The maximum atomic E-state index is 13.5. The van der Waals surface area contributed by atoms with Gasteiger partial charge in [-0.1, -0.05) is 6.07 Å². The SMILES string of the molecule is O=C(O)C1(Cc2ccc([N+](=O)[O-])c(F)c2)CCOC1. The molecule has 0 aliphatic carbocycles. The Morgan fingerprint density at radius 3 is 2.79 bits per heavy atom. The summed E-state index contributed by atoms with van der Waals surface area (Å²) in [4.78, 5) is 21.0. The Kier molecular flexibility index (Phi) is 3.48. The third kappa shape index (κ3) is 2.55. The Morgan fingerprint density at radius 1 is 1.58 bits per heavy atom. The smallest absolute Gasteiger partial charge is 0.312 e. The molecule has 1 aromatic carbocycles. The average Bonchev–Trinajstić information content (AvgIpc) is 2.78. The van der Waals surface area contributed by atoms with Crippen LogP contribution in [0.2, 0.25) is 0 Å². The number of carboxylic acids is 1. The molecule has 6 nitrogen and oxygen atoms in total. The lowest BCUT2D eigenvalue weighted by molar-refractivity contribution is -0.387. The van der Waals surface area contributed by atoms with Crippen molar-refractivity contribution in [1.29, 1.82) is 0 Å². The Bertz CT molecular complexity index is 525. The van der Waals surface area contributed by atoms with E-state index >= 15 is 0 Å². The highest BCUT2D eigenvalue weighted by atomic mass is 19.1. The minimum Gasteiger partial charge on any atom is -0.481 e. The molecular weight excluding hydrogens is 257 g/mol. The van der Waals surface area contributed by atoms with E-state index in [4.69, 9.17) is 4.74 Å². The summed E-state index contributed by atoms with van der Waals surface area (Å²) >= 11 is 0. The second-order valence-electron chi connectivity index (χ2n) is 4.61. The van der Waals surface area contributed by atoms with Crippen LogP contribution in [0.15, 0.2) is 18.2 Å². The standard InChI is InChI=1S/C12H12FNO5/c13-9-5-8(1-2-10(9)14(17)18)6-12(11(15)16)3-4-19-7-12/h1-2,5H,3-4,6-7H2,(H,15,16). The van der Waals surface area contributed by atoms with Crippen LogP contribution < -0.4 is 0 Å². The molecule has 0 aromatic heterocycles. The van der Waals surface area contributed by atoms with E-state index in [-0.39, 0.29) is 13.0 Å². The van der Waals surface area contributed by atoms with E-state index in [1.165, 1.54) is 6.07 Å². The molecule has 1 aromatic rings. The predicted octanol–water partition coefficient (Wildman–Crippen LogP) is 1.77. The topological polar surface area (TPSA) is 89.7 Å². The molecule has 1 N–H and O–H groups in total. The van der Waals surface area contributed by atoms with Crippen molar-refractivity contribution in [2.75, 3.05) is 13.2 Å². The van der Waals surface area contributed by atoms with Gasteiger partial charge in [0.1, 0.15) is 0 Å². The number of benzene rings is 1. The minimum atomic E-state index is -1.07. The van der Waals surface area contributed by atoms with Gasteiger partial charge in [0.2, 0.25) is 5.82 Å². The molecule has 0 spiro atoms. The van der Waals surface area contributed by atoms with E-state index in [2.05, 4.69) is 0 Å². The molecule has 0 bridgehead atoms. The summed E-state index contributed by atoms with van der Waals surface area (Å²) in [6.45, 7) is 0.419. The summed E-state index contributed by atoms with van der Waals surface area (Å²) in [5.41, 5.74) is -1.27. The Morgan fingerprint density at radius 2 is 2.32 bits per heavy atom. The van der Waals surface area contributed by atoms with Crippen molar-refractivity contribution in [3.8, 4) is 0 Å². The molecule has 0 amide bonds. The van der Waals surface area contributed by atoms with Crippen LogP contribution in [0, 0.1) is 21.3 Å². The normalized spacial score (nSPS) is 22.4. The van der Waals surface area contributed by atoms with E-state index < -0.39 is 27.8 Å². The fourth-order valence-corrected chi connectivity index (χ4v) is 2.19. The van der Waals surface area contributed by atoms with Crippen molar-refractivity contribution in [2.45, 2.75) is 12.8 Å². The number of nitro groups is 1. The zero-order valence-electron chi connectivity index (χ0n) is 9.97. The average molecular weight is 269 g/mol. The number of carboxylic acid groups (broad SMARTS) is 1. The number of ether oxygens (including phenoxy) is 1. The monoisotopic (exact) mass is 269 g/mol. The van der Waals surface area contributed by atoms with E-state index in [0.717, 1.165) is 12.1 Å². The fourth-order valence-electron chi connectivity index (χ4n) is 2.19. The van der Waals surface area contributed by atoms with Crippen LogP contribution in [0.3, 0.4) is 0 Å². The summed E-state index contributed by atoms with van der Waals surface area (Å²) in [5, 5.41) is 19.8. The molecule has 1 fully saturated rings. The first kappa shape index (κ1) is 13.4. The molecule has 1 atom stereocenters. The number of halogens is 1. The summed E-state index contributed by atoms with van der Waals surface area (Å²) in [5.74, 6) is -1.95. The van der Waals surface area contributed by atoms with Crippen molar-refractivity contribution in [3.63, 3.8) is 0 Å². The number of rotatable bonds is 4. The molecule has 1 unspecified atom stereocenters. The first-order valence-corrected chi connectivity index (χ1v) is 5.69. The van der Waals surface area contributed by atoms with Crippen LogP contribution in [0.5, 0.6) is 0 Å². The lowest BCUT2D eigenvalue weighted by Crippen LogP contribution is -2.33. The van der Waals surface area contributed by atoms with Crippen LogP contribution in [0.25, 0.3) is 0 Å². The summed E-state index contributed by atoms with van der Waals surface area (Å²) < 4.78 is 18.6. The van der Waals surface area contributed by atoms with Gasteiger partial charge in [0.15, 0.2) is 0 Å². The molecule has 0 radical (unpaired) electrons. The molecule has 1 aliphatic rings. The Hall–Kier alpha value is -2.02. The third-order valence-electron chi connectivity index (χ3n) is 3.31. The number of hydrogen-bond donors (Lipinski definition) is 1. The zero-order chi connectivity index (χ0) is 14.0. The van der Waals surface area contributed by atoms with E-state index in [1.807, 2.05) is 0 Å². The van der Waals surface area contributed by atoms with Crippen molar-refractivity contribution >= 4 is 11.7 Å². The van der Waals surface area contributed by atoms with Gasteiger partial charge in [-0.05, 0) is 24.5 Å². The highest BCUT2D eigenvalue weighted by Gasteiger charge is 2.42. The summed E-state index contributed by atoms with van der Waals surface area (Å²) in [6.07, 6.45) is 0.443. The van der Waals surface area contributed by atoms with Crippen LogP contribution in [0.4, 0.5) is 10.1 Å². The second-order valence-corrected chi connectivity index (χ2v) is 4.61. The maximum absolute atomic E-state index is 13.5. The highest BCUT2D eigenvalue weighted by molar-refractivity contribution is 5.75. The van der Waals surface area contributed by atoms with Gasteiger partial charge in [0, 0.05) is 12.7 Å². The lowest BCUT2D eigenvalue weighted by atomic mass is 9.81. The minimum absolute atomic E-state index is 0.0704. The fraction of sp³-hybridized carbons (Fsp3) is 0.417. The molecule has 19 heavy (non-hydrogen) atoms. The molecule has 2 rings (SSSR count). The van der Waals surface area contributed by atoms with Gasteiger partial charge in [0.05, 0.1) is 16.9 Å². The molecule has 1 heterocycles. The van der Waals surface area contributed by atoms with Crippen LogP contribution in [-0.2, 0) is 16.0 Å². The van der Waals surface area contributed by atoms with Crippen LogP contribution >= 0.6 is 0 Å². The van der Waals surface area contributed by atoms with Gasteiger partial charge < -0.3 is 9.84 Å². The van der Waals surface area contributed by atoms with Crippen molar-refractivity contribution in [3.05, 3.63) is 39.7 Å². The molecule has 1 aliphatic heterocycles. The van der Waals surface area contributed by atoms with Gasteiger partial charge in [-0.25, -0.2) is 0 Å². The Labute approximate surface area is 108 Å². The lowest BCUT2D eigenvalue weighted by Gasteiger charge is -2.21. The van der Waals surface area contributed by atoms with E-state index in [9.17, 15) is 24.4 Å². The molecule has 102 valence electrons. The van der Waals surface area contributed by atoms with Crippen LogP contribution in [0.1, 0.15) is 12.0 Å². The van der Waals surface area contributed by atoms with Gasteiger partial charge in [-0.15, -0.1) is 0 Å². The highest BCUT2D eigenvalue weighted by Crippen LogP contribution is 2.33. The second kappa shape index (κ2) is 4.93. The molecule has 7 heteroatoms.